The molecule has 172 valence electrons. The average molecular weight is 476 g/mol. The lowest BCUT2D eigenvalue weighted by Gasteiger charge is -2.15. The summed E-state index contributed by atoms with van der Waals surface area (Å²) in [5, 5.41) is 32.5. The van der Waals surface area contributed by atoms with Crippen LogP contribution in [0.25, 0.3) is 11.4 Å². The van der Waals surface area contributed by atoms with E-state index in [9.17, 15) is 27.9 Å². The van der Waals surface area contributed by atoms with E-state index in [1.54, 1.807) is 0 Å². The summed E-state index contributed by atoms with van der Waals surface area (Å²) in [6, 6.07) is 5.16. The summed E-state index contributed by atoms with van der Waals surface area (Å²) < 4.78 is 40.2. The smallest absolute Gasteiger partial charge is 0.416 e. The van der Waals surface area contributed by atoms with E-state index in [1.165, 1.54) is 31.2 Å². The number of benzene rings is 1. The summed E-state index contributed by atoms with van der Waals surface area (Å²) in [5.74, 6) is 0.167. The Hall–Kier alpha value is -3.39. The van der Waals surface area contributed by atoms with E-state index < -0.39 is 36.6 Å². The molecule has 2 unspecified atom stereocenters. The highest BCUT2D eigenvalue weighted by molar-refractivity contribution is 6.30. The van der Waals surface area contributed by atoms with Crippen LogP contribution in [0.15, 0.2) is 29.1 Å². The Morgan fingerprint density at radius 2 is 1.94 bits per heavy atom. The second-order valence-corrected chi connectivity index (χ2v) is 7.20. The fourth-order valence-corrected chi connectivity index (χ4v) is 2.90. The number of aromatic amines is 1. The van der Waals surface area contributed by atoms with Gasteiger partial charge < -0.3 is 20.5 Å². The molecule has 3 rings (SSSR count). The second-order valence-electron chi connectivity index (χ2n) is 6.77. The van der Waals surface area contributed by atoms with Crippen LogP contribution in [0.4, 0.5) is 18.0 Å². The van der Waals surface area contributed by atoms with Crippen molar-refractivity contribution in [1.29, 1.82) is 0 Å². The third kappa shape index (κ3) is 5.26. The predicted molar refractivity (Wildman–Crippen MR) is 104 cm³/mol. The molecule has 0 aliphatic heterocycles. The first kappa shape index (κ1) is 23.3. The number of alkyl halides is 3. The van der Waals surface area contributed by atoms with Gasteiger partial charge in [-0.3, -0.25) is 4.57 Å². The van der Waals surface area contributed by atoms with Gasteiger partial charge in [0.1, 0.15) is 6.54 Å². The van der Waals surface area contributed by atoms with Crippen LogP contribution in [0, 0.1) is 0 Å². The maximum Gasteiger partial charge on any atom is 0.416 e. The Labute approximate surface area is 182 Å². The lowest BCUT2D eigenvalue weighted by atomic mass is 10.2. The second kappa shape index (κ2) is 9.00. The topological polar surface area (TPSA) is 151 Å². The summed E-state index contributed by atoms with van der Waals surface area (Å²) in [5.41, 5.74) is -0.620. The molecule has 0 bridgehead atoms. The van der Waals surface area contributed by atoms with Crippen LogP contribution in [0.1, 0.15) is 24.6 Å². The number of nitrogens with zero attached hydrogens (tertiary/aromatic N) is 5. The average Bonchev–Trinajstić information content (AvgIpc) is 3.28. The van der Waals surface area contributed by atoms with E-state index in [0.29, 0.717) is 15.2 Å². The Morgan fingerprint density at radius 3 is 2.53 bits per heavy atom. The summed E-state index contributed by atoms with van der Waals surface area (Å²) in [6.45, 7) is 0.152. The number of carboxylic acid groups (broad SMARTS) is 1. The highest BCUT2D eigenvalue weighted by Crippen LogP contribution is 2.24. The Balaban J connectivity index is 1.96. The van der Waals surface area contributed by atoms with E-state index in [-0.39, 0.29) is 24.0 Å². The third-order valence-corrected chi connectivity index (χ3v) is 4.61. The molecule has 1 amide bonds. The fourth-order valence-electron chi connectivity index (χ4n) is 2.77. The number of carbonyl (C=O) groups is 1. The summed E-state index contributed by atoms with van der Waals surface area (Å²) in [6.07, 6.45) is -9.00. The number of nitrogens with one attached hydrogen (secondary N) is 2. The molecule has 2 heterocycles. The van der Waals surface area contributed by atoms with Gasteiger partial charge in [-0.15, -0.1) is 15.3 Å². The lowest BCUT2D eigenvalue weighted by Crippen LogP contribution is -2.37. The summed E-state index contributed by atoms with van der Waals surface area (Å²) in [7, 11) is 0. The number of aromatic nitrogens is 6. The maximum atomic E-state index is 12.9. The fraction of sp³-hybridized carbons (Fsp3) is 0.353. The first-order chi connectivity index (χ1) is 15.0. The number of rotatable bonds is 7. The van der Waals surface area contributed by atoms with Crippen LogP contribution in [-0.2, 0) is 13.1 Å². The van der Waals surface area contributed by atoms with Crippen LogP contribution in [-0.4, -0.2) is 58.1 Å². The number of halogens is 4. The number of amides is 1. The van der Waals surface area contributed by atoms with Crippen molar-refractivity contribution in [3.05, 3.63) is 51.4 Å². The van der Waals surface area contributed by atoms with Gasteiger partial charge in [-0.2, -0.15) is 13.2 Å². The van der Waals surface area contributed by atoms with Gasteiger partial charge in [0.2, 0.25) is 0 Å². The van der Waals surface area contributed by atoms with Crippen molar-refractivity contribution in [2.45, 2.75) is 38.3 Å². The van der Waals surface area contributed by atoms with Gasteiger partial charge in [0.05, 0.1) is 12.6 Å². The number of H-pyrrole nitrogens is 1. The zero-order valence-corrected chi connectivity index (χ0v) is 17.1. The first-order valence-electron chi connectivity index (χ1n) is 9.05. The quantitative estimate of drug-likeness (QED) is 0.406. The van der Waals surface area contributed by atoms with Crippen LogP contribution in [0.2, 0.25) is 5.02 Å². The standard InChI is InChI=1S/C17H17ClF3N7O4/c1-8(22-15(30)31)13-23-12(24-25-13)7-28-16(32)27(6-11(29)17(19,20)21)14(26-28)9-2-4-10(18)5-3-9/h2-5,8,11,22,29H,6-7H2,1H3,(H,30,31)(H,23,24,25). The largest absolute Gasteiger partial charge is 0.465 e. The van der Waals surface area contributed by atoms with Crippen molar-refractivity contribution < 1.29 is 28.2 Å². The van der Waals surface area contributed by atoms with Crippen LogP contribution < -0.4 is 11.0 Å². The van der Waals surface area contributed by atoms with Crippen LogP contribution >= 0.6 is 11.6 Å². The number of aliphatic hydroxyl groups is 1. The number of aliphatic hydroxyl groups excluding tert-OH is 1. The van der Waals surface area contributed by atoms with E-state index in [1.807, 2.05) is 0 Å². The normalized spacial score (nSPS) is 13.7. The monoisotopic (exact) mass is 475 g/mol. The molecule has 0 aliphatic rings. The van der Waals surface area contributed by atoms with Crippen molar-refractivity contribution in [1.82, 2.24) is 34.8 Å². The molecule has 0 saturated carbocycles. The molecule has 2 aromatic heterocycles. The van der Waals surface area contributed by atoms with Crippen LogP contribution in [0.3, 0.4) is 0 Å². The Bertz CT molecular complexity index is 1160. The van der Waals surface area contributed by atoms with Gasteiger partial charge in [0.25, 0.3) is 0 Å². The van der Waals surface area contributed by atoms with E-state index in [4.69, 9.17) is 16.7 Å². The summed E-state index contributed by atoms with van der Waals surface area (Å²) in [4.78, 5) is 26.3. The molecular formula is C17H17ClF3N7O4. The molecule has 0 fully saturated rings. The minimum Gasteiger partial charge on any atom is -0.465 e. The van der Waals surface area contributed by atoms with Crippen molar-refractivity contribution in [2.24, 2.45) is 0 Å². The lowest BCUT2D eigenvalue weighted by molar-refractivity contribution is -0.207. The third-order valence-electron chi connectivity index (χ3n) is 4.36. The van der Waals surface area contributed by atoms with E-state index >= 15 is 0 Å². The van der Waals surface area contributed by atoms with Gasteiger partial charge in [-0.1, -0.05) is 11.6 Å². The summed E-state index contributed by atoms with van der Waals surface area (Å²) >= 11 is 5.84. The van der Waals surface area contributed by atoms with Crippen molar-refractivity contribution in [2.75, 3.05) is 0 Å². The molecule has 11 nitrogen and oxygen atoms in total. The van der Waals surface area contributed by atoms with Gasteiger partial charge >= 0.3 is 18.0 Å². The maximum absolute atomic E-state index is 12.9. The zero-order valence-electron chi connectivity index (χ0n) is 16.3. The van der Waals surface area contributed by atoms with Gasteiger partial charge in [0.15, 0.2) is 23.6 Å². The van der Waals surface area contributed by atoms with Crippen LogP contribution in [0.5, 0.6) is 0 Å². The Morgan fingerprint density at radius 1 is 1.28 bits per heavy atom. The van der Waals surface area contributed by atoms with E-state index in [0.717, 1.165) is 4.68 Å². The minimum atomic E-state index is -4.94. The van der Waals surface area contributed by atoms with Gasteiger partial charge in [-0.05, 0) is 31.2 Å². The van der Waals surface area contributed by atoms with Crippen molar-refractivity contribution >= 4 is 17.7 Å². The molecule has 15 heteroatoms. The van der Waals surface area contributed by atoms with Crippen molar-refractivity contribution in [3.63, 3.8) is 0 Å². The zero-order chi connectivity index (χ0) is 23.6. The van der Waals surface area contributed by atoms with Crippen molar-refractivity contribution in [3.8, 4) is 11.4 Å². The highest BCUT2D eigenvalue weighted by Gasteiger charge is 2.39. The molecule has 0 spiro atoms. The predicted octanol–water partition coefficient (Wildman–Crippen LogP) is 1.78. The molecule has 0 aliphatic carbocycles. The molecule has 4 N–H and O–H groups in total. The van der Waals surface area contributed by atoms with E-state index in [2.05, 4.69) is 25.6 Å². The number of hydrogen-bond acceptors (Lipinski definition) is 6. The molecule has 3 aromatic rings. The Kier molecular flexibility index (Phi) is 6.55. The number of hydrogen-bond donors (Lipinski definition) is 4. The molecular weight excluding hydrogens is 459 g/mol. The first-order valence-corrected chi connectivity index (χ1v) is 9.42. The minimum absolute atomic E-state index is 0.115. The molecule has 1 aromatic carbocycles. The van der Waals surface area contributed by atoms with Gasteiger partial charge in [0, 0.05) is 10.6 Å². The van der Waals surface area contributed by atoms with Gasteiger partial charge in [-0.25, -0.2) is 14.3 Å². The highest BCUT2D eigenvalue weighted by atomic mass is 35.5. The molecule has 0 saturated heterocycles. The molecule has 2 atom stereocenters. The molecule has 0 radical (unpaired) electrons. The SMILES string of the molecule is CC(NC(=O)O)c1nnc(Cn2nc(-c3ccc(Cl)cc3)n(CC(O)C(F)(F)F)c2=O)[nH]1. The molecule has 32 heavy (non-hydrogen) atoms.